The number of primary amides is 1. The van der Waals surface area contributed by atoms with Crippen molar-refractivity contribution < 1.29 is 19.8 Å². The predicted molar refractivity (Wildman–Crippen MR) is 53.7 cm³/mol. The van der Waals surface area contributed by atoms with Gasteiger partial charge in [0, 0.05) is 6.42 Å². The highest BCUT2D eigenvalue weighted by atomic mass is 16.3. The highest BCUT2D eigenvalue weighted by Crippen LogP contribution is 2.18. The van der Waals surface area contributed by atoms with Gasteiger partial charge in [-0.3, -0.25) is 9.59 Å². The summed E-state index contributed by atoms with van der Waals surface area (Å²) in [6, 6.07) is -0.693. The molecule has 0 aliphatic rings. The van der Waals surface area contributed by atoms with E-state index in [2.05, 4.69) is 5.32 Å². The van der Waals surface area contributed by atoms with Gasteiger partial charge >= 0.3 is 0 Å². The van der Waals surface area contributed by atoms with E-state index in [0.717, 1.165) is 0 Å². The molecule has 0 radical (unpaired) electrons. The summed E-state index contributed by atoms with van der Waals surface area (Å²) < 4.78 is 0. The van der Waals surface area contributed by atoms with Crippen LogP contribution >= 0.6 is 0 Å². The molecule has 6 heteroatoms. The highest BCUT2D eigenvalue weighted by Gasteiger charge is 2.28. The monoisotopic (exact) mass is 218 g/mol. The van der Waals surface area contributed by atoms with Crippen molar-refractivity contribution in [1.29, 1.82) is 0 Å². The Labute approximate surface area is 88.5 Å². The Hall–Kier alpha value is -1.14. The second kappa shape index (κ2) is 5.67. The minimum Gasteiger partial charge on any atom is -0.394 e. The van der Waals surface area contributed by atoms with Gasteiger partial charge in [0.05, 0.1) is 24.7 Å². The van der Waals surface area contributed by atoms with Crippen LogP contribution in [0.25, 0.3) is 0 Å². The van der Waals surface area contributed by atoms with E-state index in [1.807, 2.05) is 0 Å². The van der Waals surface area contributed by atoms with Crippen LogP contribution in [0.1, 0.15) is 20.3 Å². The lowest BCUT2D eigenvalue weighted by Crippen LogP contribution is -2.43. The summed E-state index contributed by atoms with van der Waals surface area (Å²) in [5.74, 6) is -0.992. The molecule has 0 aromatic heterocycles. The molecule has 0 fully saturated rings. The lowest BCUT2D eigenvalue weighted by Gasteiger charge is -2.21. The minimum atomic E-state index is -0.931. The maximum atomic E-state index is 11.4. The first-order chi connectivity index (χ1) is 6.83. The number of aliphatic hydroxyl groups is 2. The van der Waals surface area contributed by atoms with Crippen molar-refractivity contribution >= 4 is 11.8 Å². The SMILES string of the molecule is CC(C)(CC(=O)NC(CO)CO)C(N)=O. The molecule has 0 aliphatic heterocycles. The van der Waals surface area contributed by atoms with Gasteiger partial charge in [0.15, 0.2) is 0 Å². The summed E-state index contributed by atoms with van der Waals surface area (Å²) in [6.45, 7) is 2.42. The number of rotatable bonds is 6. The normalized spacial score (nSPS) is 11.5. The van der Waals surface area contributed by atoms with Crippen LogP contribution in [0.2, 0.25) is 0 Å². The van der Waals surface area contributed by atoms with Gasteiger partial charge in [-0.05, 0) is 0 Å². The van der Waals surface area contributed by atoms with E-state index >= 15 is 0 Å². The molecule has 0 spiro atoms. The van der Waals surface area contributed by atoms with Crippen molar-refractivity contribution in [2.45, 2.75) is 26.3 Å². The Morgan fingerprint density at radius 1 is 1.33 bits per heavy atom. The summed E-state index contributed by atoms with van der Waals surface area (Å²) >= 11 is 0. The van der Waals surface area contributed by atoms with Gasteiger partial charge in [-0.1, -0.05) is 13.8 Å². The van der Waals surface area contributed by atoms with E-state index in [4.69, 9.17) is 15.9 Å². The number of carbonyl (C=O) groups is 2. The van der Waals surface area contributed by atoms with Gasteiger partial charge in [-0.25, -0.2) is 0 Å². The molecule has 0 aromatic rings. The molecule has 0 bridgehead atoms. The van der Waals surface area contributed by atoms with Gasteiger partial charge in [-0.15, -0.1) is 0 Å². The fourth-order valence-electron chi connectivity index (χ4n) is 0.916. The number of carbonyl (C=O) groups excluding carboxylic acids is 2. The van der Waals surface area contributed by atoms with Crippen molar-refractivity contribution in [2.24, 2.45) is 11.1 Å². The molecule has 0 saturated carbocycles. The topological polar surface area (TPSA) is 113 Å². The van der Waals surface area contributed by atoms with Crippen molar-refractivity contribution in [1.82, 2.24) is 5.32 Å². The van der Waals surface area contributed by atoms with Gasteiger partial charge in [0.25, 0.3) is 0 Å². The molecule has 0 atom stereocenters. The molecule has 0 rings (SSSR count). The number of nitrogens with one attached hydrogen (secondary N) is 1. The van der Waals surface area contributed by atoms with Gasteiger partial charge in [-0.2, -0.15) is 0 Å². The zero-order chi connectivity index (χ0) is 12.1. The fraction of sp³-hybridized carbons (Fsp3) is 0.778. The van der Waals surface area contributed by atoms with Crippen LogP contribution < -0.4 is 11.1 Å². The molecule has 15 heavy (non-hydrogen) atoms. The summed E-state index contributed by atoms with van der Waals surface area (Å²) in [5.41, 5.74) is 4.17. The number of aliphatic hydroxyl groups excluding tert-OH is 2. The summed E-state index contributed by atoms with van der Waals surface area (Å²) in [7, 11) is 0. The highest BCUT2D eigenvalue weighted by molar-refractivity contribution is 5.87. The third kappa shape index (κ3) is 4.75. The van der Waals surface area contributed by atoms with Crippen molar-refractivity contribution in [2.75, 3.05) is 13.2 Å². The van der Waals surface area contributed by atoms with Crippen LogP contribution in [0.4, 0.5) is 0 Å². The molecule has 6 nitrogen and oxygen atoms in total. The molecular formula is C9H18N2O4. The minimum absolute atomic E-state index is 0.0706. The Morgan fingerprint density at radius 2 is 1.80 bits per heavy atom. The molecule has 0 saturated heterocycles. The maximum Gasteiger partial charge on any atom is 0.223 e. The molecule has 0 aliphatic carbocycles. The average molecular weight is 218 g/mol. The van der Waals surface area contributed by atoms with E-state index in [1.54, 1.807) is 13.8 Å². The standard InChI is InChI=1S/C9H18N2O4/c1-9(2,8(10)15)3-7(14)11-6(4-12)5-13/h6,12-13H,3-5H2,1-2H3,(H2,10,15)(H,11,14). The number of amides is 2. The Kier molecular flexibility index (Phi) is 5.24. The Morgan fingerprint density at radius 3 is 2.13 bits per heavy atom. The predicted octanol–water partition coefficient (Wildman–Crippen LogP) is -1.64. The molecule has 5 N–H and O–H groups in total. The zero-order valence-electron chi connectivity index (χ0n) is 8.99. The van der Waals surface area contributed by atoms with Crippen LogP contribution in [0.15, 0.2) is 0 Å². The summed E-state index contributed by atoms with van der Waals surface area (Å²) in [5, 5.41) is 19.8. The van der Waals surface area contributed by atoms with Gasteiger partial charge in [0.1, 0.15) is 0 Å². The quantitative estimate of drug-likeness (QED) is 0.428. The second-order valence-corrected chi connectivity index (χ2v) is 4.05. The van der Waals surface area contributed by atoms with Crippen molar-refractivity contribution in [3.8, 4) is 0 Å². The van der Waals surface area contributed by atoms with Crippen molar-refractivity contribution in [3.63, 3.8) is 0 Å². The summed E-state index contributed by atoms with van der Waals surface area (Å²) in [4.78, 5) is 22.3. The van der Waals surface area contributed by atoms with Crippen molar-refractivity contribution in [3.05, 3.63) is 0 Å². The Bertz CT molecular complexity index is 236. The van der Waals surface area contributed by atoms with E-state index < -0.39 is 23.3 Å². The molecule has 0 unspecified atom stereocenters. The second-order valence-electron chi connectivity index (χ2n) is 4.05. The molecule has 2 amide bonds. The Balaban J connectivity index is 4.20. The average Bonchev–Trinajstić information content (AvgIpc) is 2.13. The maximum absolute atomic E-state index is 11.4. The first kappa shape index (κ1) is 13.9. The third-order valence-electron chi connectivity index (χ3n) is 2.08. The van der Waals surface area contributed by atoms with Crippen LogP contribution in [0, 0.1) is 5.41 Å². The summed E-state index contributed by atoms with van der Waals surface area (Å²) in [6.07, 6.45) is -0.0706. The lowest BCUT2D eigenvalue weighted by atomic mass is 9.88. The van der Waals surface area contributed by atoms with E-state index in [-0.39, 0.29) is 19.6 Å². The number of hydrogen-bond acceptors (Lipinski definition) is 4. The fourth-order valence-corrected chi connectivity index (χ4v) is 0.916. The van der Waals surface area contributed by atoms with E-state index in [0.29, 0.717) is 0 Å². The van der Waals surface area contributed by atoms with E-state index in [9.17, 15) is 9.59 Å². The molecule has 88 valence electrons. The molecule has 0 heterocycles. The third-order valence-corrected chi connectivity index (χ3v) is 2.08. The lowest BCUT2D eigenvalue weighted by molar-refractivity contribution is -0.133. The number of hydrogen-bond donors (Lipinski definition) is 4. The first-order valence-corrected chi connectivity index (χ1v) is 4.64. The zero-order valence-corrected chi connectivity index (χ0v) is 8.99. The van der Waals surface area contributed by atoms with Crippen LogP contribution in [-0.4, -0.2) is 41.3 Å². The largest absolute Gasteiger partial charge is 0.394 e. The number of nitrogens with two attached hydrogens (primary N) is 1. The van der Waals surface area contributed by atoms with Crippen LogP contribution in [0.5, 0.6) is 0 Å². The first-order valence-electron chi connectivity index (χ1n) is 4.64. The molecule has 0 aromatic carbocycles. The van der Waals surface area contributed by atoms with Crippen LogP contribution in [0.3, 0.4) is 0 Å². The smallest absolute Gasteiger partial charge is 0.223 e. The van der Waals surface area contributed by atoms with Gasteiger partial charge < -0.3 is 21.3 Å². The van der Waals surface area contributed by atoms with Gasteiger partial charge in [0.2, 0.25) is 11.8 Å². The van der Waals surface area contributed by atoms with Crippen LogP contribution in [-0.2, 0) is 9.59 Å². The molecular weight excluding hydrogens is 200 g/mol. The van der Waals surface area contributed by atoms with E-state index in [1.165, 1.54) is 0 Å².